The first-order valence-electron chi connectivity index (χ1n) is 9.53. The molecule has 0 heterocycles. The van der Waals surface area contributed by atoms with Gasteiger partial charge in [0.1, 0.15) is 12.4 Å². The molecule has 0 saturated heterocycles. The maximum atomic E-state index is 11.7. The molecule has 2 aromatic rings. The zero-order valence-corrected chi connectivity index (χ0v) is 15.9. The highest BCUT2D eigenvalue weighted by Crippen LogP contribution is 2.30. The monoisotopic (exact) mass is 366 g/mol. The average molecular weight is 366 g/mol. The van der Waals surface area contributed by atoms with Crippen LogP contribution in [0.4, 0.5) is 0 Å². The minimum atomic E-state index is 0.232. The van der Waals surface area contributed by atoms with E-state index in [9.17, 15) is 4.79 Å². The summed E-state index contributed by atoms with van der Waals surface area (Å²) in [5.74, 6) is 2.77. The lowest BCUT2D eigenvalue weighted by Gasteiger charge is -2.13. The van der Waals surface area contributed by atoms with Crippen molar-refractivity contribution in [2.24, 2.45) is 5.92 Å². The van der Waals surface area contributed by atoms with Crippen molar-refractivity contribution in [3.05, 3.63) is 59.7 Å². The molecule has 4 nitrogen and oxygen atoms in total. The number of hydrogen-bond donors (Lipinski definition) is 0. The van der Waals surface area contributed by atoms with E-state index in [2.05, 4.69) is 0 Å². The topological polar surface area (TPSA) is 44.8 Å². The van der Waals surface area contributed by atoms with E-state index in [1.807, 2.05) is 62.4 Å². The van der Waals surface area contributed by atoms with E-state index in [0.717, 1.165) is 41.2 Å². The first-order chi connectivity index (χ1) is 13.2. The summed E-state index contributed by atoms with van der Waals surface area (Å²) in [4.78, 5) is 11.7. The molecule has 0 atom stereocenters. The van der Waals surface area contributed by atoms with E-state index in [4.69, 9.17) is 14.2 Å². The lowest BCUT2D eigenvalue weighted by Crippen LogP contribution is -2.01. The van der Waals surface area contributed by atoms with E-state index >= 15 is 0 Å². The van der Waals surface area contributed by atoms with Crippen molar-refractivity contribution in [1.82, 2.24) is 0 Å². The second-order valence-electron chi connectivity index (χ2n) is 6.51. The molecule has 1 aliphatic rings. The third-order valence-corrected chi connectivity index (χ3v) is 4.31. The Morgan fingerprint density at radius 2 is 1.67 bits per heavy atom. The molecule has 0 aliphatic heterocycles. The first kappa shape index (κ1) is 19.0. The van der Waals surface area contributed by atoms with Gasteiger partial charge in [-0.25, -0.2) is 0 Å². The second-order valence-corrected chi connectivity index (χ2v) is 6.51. The van der Waals surface area contributed by atoms with Gasteiger partial charge in [0.25, 0.3) is 0 Å². The summed E-state index contributed by atoms with van der Waals surface area (Å²) in [6.45, 7) is 5.54. The SMILES string of the molecule is CCOc1ccc(COc2ccc(/C=C/C(=O)C3CC3)cc2)cc1OCC. The molecule has 0 bridgehead atoms. The smallest absolute Gasteiger partial charge is 0.161 e. The van der Waals surface area contributed by atoms with Crippen LogP contribution < -0.4 is 14.2 Å². The molecule has 0 spiro atoms. The Morgan fingerprint density at radius 1 is 0.963 bits per heavy atom. The van der Waals surface area contributed by atoms with E-state index < -0.39 is 0 Å². The molecule has 0 aromatic heterocycles. The average Bonchev–Trinajstić information content (AvgIpc) is 3.53. The molecule has 0 amide bonds. The Hall–Kier alpha value is -2.75. The van der Waals surface area contributed by atoms with Crippen molar-refractivity contribution in [2.75, 3.05) is 13.2 Å². The molecular weight excluding hydrogens is 340 g/mol. The van der Waals surface area contributed by atoms with Crippen LogP contribution >= 0.6 is 0 Å². The number of rotatable bonds is 10. The zero-order valence-electron chi connectivity index (χ0n) is 15.9. The minimum Gasteiger partial charge on any atom is -0.490 e. The van der Waals surface area contributed by atoms with Crippen molar-refractivity contribution in [1.29, 1.82) is 0 Å². The van der Waals surface area contributed by atoms with Crippen LogP contribution in [0, 0.1) is 5.92 Å². The normalized spacial score (nSPS) is 13.6. The van der Waals surface area contributed by atoms with Gasteiger partial charge in [0.2, 0.25) is 0 Å². The summed E-state index contributed by atoms with van der Waals surface area (Å²) in [6, 6.07) is 13.6. The molecule has 0 radical (unpaired) electrons. The predicted octanol–water partition coefficient (Wildman–Crippen LogP) is 5.06. The summed E-state index contributed by atoms with van der Waals surface area (Å²) in [5, 5.41) is 0. The van der Waals surface area contributed by atoms with Gasteiger partial charge in [-0.3, -0.25) is 4.79 Å². The molecule has 1 fully saturated rings. The van der Waals surface area contributed by atoms with Crippen molar-refractivity contribution in [3.63, 3.8) is 0 Å². The van der Waals surface area contributed by atoms with Crippen LogP contribution in [-0.4, -0.2) is 19.0 Å². The summed E-state index contributed by atoms with van der Waals surface area (Å²) in [5.41, 5.74) is 2.01. The third kappa shape index (κ3) is 5.61. The first-order valence-corrected chi connectivity index (χ1v) is 9.53. The highest BCUT2D eigenvalue weighted by molar-refractivity contribution is 5.96. The minimum absolute atomic E-state index is 0.232. The summed E-state index contributed by atoms with van der Waals surface area (Å²) in [7, 11) is 0. The highest BCUT2D eigenvalue weighted by atomic mass is 16.5. The Bertz CT molecular complexity index is 789. The van der Waals surface area contributed by atoms with E-state index in [1.165, 1.54) is 0 Å². The number of allylic oxidation sites excluding steroid dienone is 1. The maximum absolute atomic E-state index is 11.7. The summed E-state index contributed by atoms with van der Waals surface area (Å²) < 4.78 is 17.1. The van der Waals surface area contributed by atoms with Gasteiger partial charge in [0, 0.05) is 5.92 Å². The number of ether oxygens (including phenoxy) is 3. The third-order valence-electron chi connectivity index (χ3n) is 4.31. The molecule has 1 saturated carbocycles. The molecule has 1 aliphatic carbocycles. The van der Waals surface area contributed by atoms with Crippen LogP contribution in [0.2, 0.25) is 0 Å². The molecule has 142 valence electrons. The van der Waals surface area contributed by atoms with Gasteiger partial charge in [-0.1, -0.05) is 24.3 Å². The number of carbonyl (C=O) groups is 1. The van der Waals surface area contributed by atoms with Gasteiger partial charge in [-0.2, -0.15) is 0 Å². The molecule has 4 heteroatoms. The Balaban J connectivity index is 1.57. The fourth-order valence-electron chi connectivity index (χ4n) is 2.71. The largest absolute Gasteiger partial charge is 0.490 e. The molecule has 0 unspecified atom stereocenters. The fourth-order valence-corrected chi connectivity index (χ4v) is 2.71. The van der Waals surface area contributed by atoms with Gasteiger partial charge in [0.15, 0.2) is 17.3 Å². The number of ketones is 1. The van der Waals surface area contributed by atoms with Gasteiger partial charge in [-0.05, 0) is 68.2 Å². The molecule has 3 rings (SSSR count). The Morgan fingerprint density at radius 3 is 2.33 bits per heavy atom. The standard InChI is InChI=1S/C23H26O4/c1-3-25-22-14-8-18(15-23(22)26-4-2)16-27-20-11-5-17(6-12-20)7-13-21(24)19-9-10-19/h5-8,11-15,19H,3-4,9-10,16H2,1-2H3/b13-7+. The van der Waals surface area contributed by atoms with Gasteiger partial charge >= 0.3 is 0 Å². The predicted molar refractivity (Wildman–Crippen MR) is 106 cm³/mol. The van der Waals surface area contributed by atoms with Gasteiger partial charge in [-0.15, -0.1) is 0 Å². The van der Waals surface area contributed by atoms with Gasteiger partial charge < -0.3 is 14.2 Å². The van der Waals surface area contributed by atoms with Crippen LogP contribution in [0.5, 0.6) is 17.2 Å². The Labute approximate surface area is 160 Å². The lowest BCUT2D eigenvalue weighted by atomic mass is 10.1. The summed E-state index contributed by atoms with van der Waals surface area (Å²) in [6.07, 6.45) is 5.62. The van der Waals surface area contributed by atoms with Crippen LogP contribution in [-0.2, 0) is 11.4 Å². The van der Waals surface area contributed by atoms with Crippen molar-refractivity contribution >= 4 is 11.9 Å². The fraction of sp³-hybridized carbons (Fsp3) is 0.348. The summed E-state index contributed by atoms with van der Waals surface area (Å²) >= 11 is 0. The maximum Gasteiger partial charge on any atom is 0.161 e. The van der Waals surface area contributed by atoms with E-state index in [0.29, 0.717) is 19.8 Å². The van der Waals surface area contributed by atoms with E-state index in [1.54, 1.807) is 6.08 Å². The van der Waals surface area contributed by atoms with Crippen LogP contribution in [0.3, 0.4) is 0 Å². The number of carbonyl (C=O) groups excluding carboxylic acids is 1. The van der Waals surface area contributed by atoms with Crippen molar-refractivity contribution in [3.8, 4) is 17.2 Å². The van der Waals surface area contributed by atoms with Crippen molar-refractivity contribution in [2.45, 2.75) is 33.3 Å². The highest BCUT2D eigenvalue weighted by Gasteiger charge is 2.27. The van der Waals surface area contributed by atoms with E-state index in [-0.39, 0.29) is 11.7 Å². The quantitative estimate of drug-likeness (QED) is 0.552. The molecule has 0 N–H and O–H groups in total. The lowest BCUT2D eigenvalue weighted by molar-refractivity contribution is -0.115. The zero-order chi connectivity index (χ0) is 19.1. The number of benzene rings is 2. The van der Waals surface area contributed by atoms with Crippen molar-refractivity contribution < 1.29 is 19.0 Å². The van der Waals surface area contributed by atoms with Gasteiger partial charge in [0.05, 0.1) is 13.2 Å². The van der Waals surface area contributed by atoms with Crippen LogP contribution in [0.1, 0.15) is 37.8 Å². The molecular formula is C23H26O4. The Kier molecular flexibility index (Phi) is 6.53. The number of hydrogen-bond acceptors (Lipinski definition) is 4. The second kappa shape index (κ2) is 9.26. The van der Waals surface area contributed by atoms with Crippen LogP contribution in [0.15, 0.2) is 48.5 Å². The molecule has 27 heavy (non-hydrogen) atoms. The van der Waals surface area contributed by atoms with Crippen LogP contribution in [0.25, 0.3) is 6.08 Å². The molecule has 2 aromatic carbocycles.